The van der Waals surface area contributed by atoms with Crippen molar-refractivity contribution >= 4 is 5.91 Å². The first-order valence-corrected chi connectivity index (χ1v) is 8.29. The van der Waals surface area contributed by atoms with Crippen LogP contribution in [0.5, 0.6) is 0 Å². The largest absolute Gasteiger partial charge is 0.396 e. The summed E-state index contributed by atoms with van der Waals surface area (Å²) in [6.45, 7) is 0.177. The van der Waals surface area contributed by atoms with Crippen molar-refractivity contribution < 1.29 is 14.3 Å². The summed E-state index contributed by atoms with van der Waals surface area (Å²) in [7, 11) is 0. The zero-order valence-electron chi connectivity index (χ0n) is 13.4. The first-order chi connectivity index (χ1) is 11.7. The predicted molar refractivity (Wildman–Crippen MR) is 89.9 cm³/mol. The molecular weight excluding hydrogens is 307 g/mol. The highest BCUT2D eigenvalue weighted by Crippen LogP contribution is 2.24. The minimum absolute atomic E-state index is 0.103. The smallest absolute Gasteiger partial charge is 0.253 e. The summed E-state index contributed by atoms with van der Waals surface area (Å²) in [5.74, 6) is -0.193. The molecule has 1 amide bonds. The van der Waals surface area contributed by atoms with Crippen LogP contribution in [0.2, 0.25) is 0 Å². The maximum atomic E-state index is 13.3. The Bertz CT molecular complexity index is 703. The molecule has 2 atom stereocenters. The van der Waals surface area contributed by atoms with Gasteiger partial charge in [0.1, 0.15) is 5.82 Å². The molecule has 126 valence electrons. The van der Waals surface area contributed by atoms with Crippen LogP contribution in [0.1, 0.15) is 36.0 Å². The van der Waals surface area contributed by atoms with E-state index in [1.807, 2.05) is 0 Å². The van der Waals surface area contributed by atoms with Gasteiger partial charge in [-0.2, -0.15) is 0 Å². The molecule has 24 heavy (non-hydrogen) atoms. The molecule has 0 spiro atoms. The van der Waals surface area contributed by atoms with E-state index in [1.54, 1.807) is 24.3 Å². The van der Waals surface area contributed by atoms with E-state index in [1.165, 1.54) is 18.3 Å². The van der Waals surface area contributed by atoms with Gasteiger partial charge in [-0.15, -0.1) is 0 Å². The summed E-state index contributed by atoms with van der Waals surface area (Å²) in [5.41, 5.74) is 1.80. The summed E-state index contributed by atoms with van der Waals surface area (Å²) >= 11 is 0. The van der Waals surface area contributed by atoms with Crippen molar-refractivity contribution in [3.8, 4) is 11.3 Å². The van der Waals surface area contributed by atoms with E-state index in [4.69, 9.17) is 0 Å². The normalized spacial score (nSPS) is 20.6. The molecule has 0 radical (unpaired) electrons. The fourth-order valence-corrected chi connectivity index (χ4v) is 3.20. The summed E-state index contributed by atoms with van der Waals surface area (Å²) in [4.78, 5) is 16.6. The number of hydrogen-bond acceptors (Lipinski definition) is 3. The van der Waals surface area contributed by atoms with Crippen molar-refractivity contribution in [2.45, 2.75) is 31.7 Å². The summed E-state index contributed by atoms with van der Waals surface area (Å²) < 4.78 is 13.3. The third-order valence-corrected chi connectivity index (χ3v) is 4.52. The minimum atomic E-state index is -0.313. The van der Waals surface area contributed by atoms with Crippen LogP contribution in [-0.2, 0) is 0 Å². The molecule has 1 fully saturated rings. The van der Waals surface area contributed by atoms with Gasteiger partial charge in [-0.25, -0.2) is 4.39 Å². The first kappa shape index (κ1) is 16.6. The van der Waals surface area contributed by atoms with Gasteiger partial charge in [0, 0.05) is 24.4 Å². The fourth-order valence-electron chi connectivity index (χ4n) is 3.20. The molecule has 0 saturated heterocycles. The summed E-state index contributed by atoms with van der Waals surface area (Å²) in [6, 6.07) is 9.74. The van der Waals surface area contributed by atoms with Gasteiger partial charge >= 0.3 is 0 Å². The standard InChI is InChI=1S/C19H21FN2O2/c20-16-5-2-4-14(10-16)18-8-7-15(11-21-18)19(24)22-17-6-1-3-13(9-17)12-23/h2,4-5,7-8,10-11,13,17,23H,1,3,6,9,12H2,(H,22,24)/t13-,17+/m1/s1. The lowest BCUT2D eigenvalue weighted by Gasteiger charge is -2.28. The van der Waals surface area contributed by atoms with Crippen molar-refractivity contribution in [2.24, 2.45) is 5.92 Å². The number of pyridine rings is 1. The maximum absolute atomic E-state index is 13.3. The predicted octanol–water partition coefficient (Wildman–Crippen LogP) is 3.17. The molecule has 5 heteroatoms. The molecule has 2 aromatic rings. The van der Waals surface area contributed by atoms with E-state index in [9.17, 15) is 14.3 Å². The van der Waals surface area contributed by atoms with Crippen molar-refractivity contribution in [1.29, 1.82) is 0 Å². The van der Waals surface area contributed by atoms with Crippen LogP contribution in [0.4, 0.5) is 4.39 Å². The highest BCUT2D eigenvalue weighted by atomic mass is 19.1. The van der Waals surface area contributed by atoms with Gasteiger partial charge in [-0.3, -0.25) is 9.78 Å². The van der Waals surface area contributed by atoms with E-state index in [2.05, 4.69) is 10.3 Å². The number of hydrogen-bond donors (Lipinski definition) is 2. The SMILES string of the molecule is O=C(N[C@H]1CCC[C@@H](CO)C1)c1ccc(-c2cccc(F)c2)nc1. The van der Waals surface area contributed by atoms with Crippen LogP contribution in [0.3, 0.4) is 0 Å². The molecule has 1 aliphatic rings. The molecule has 4 nitrogen and oxygen atoms in total. The number of rotatable bonds is 4. The molecule has 2 N–H and O–H groups in total. The molecule has 3 rings (SSSR count). The summed E-state index contributed by atoms with van der Waals surface area (Å²) in [6.07, 6.45) is 5.32. The number of nitrogens with zero attached hydrogens (tertiary/aromatic N) is 1. The number of benzene rings is 1. The van der Waals surface area contributed by atoms with Crippen LogP contribution in [0, 0.1) is 11.7 Å². The Morgan fingerprint density at radius 3 is 2.88 bits per heavy atom. The highest BCUT2D eigenvalue weighted by molar-refractivity contribution is 5.94. The Labute approximate surface area is 140 Å². The fraction of sp³-hybridized carbons (Fsp3) is 0.368. The topological polar surface area (TPSA) is 62.2 Å². The number of aliphatic hydroxyl groups excluding tert-OH is 1. The number of aromatic nitrogens is 1. The van der Waals surface area contributed by atoms with Gasteiger partial charge in [-0.05, 0) is 49.4 Å². The van der Waals surface area contributed by atoms with Crippen LogP contribution in [0.15, 0.2) is 42.6 Å². The van der Waals surface area contributed by atoms with Gasteiger partial charge in [-0.1, -0.05) is 18.6 Å². The van der Waals surface area contributed by atoms with Crippen LogP contribution < -0.4 is 5.32 Å². The van der Waals surface area contributed by atoms with E-state index in [0.29, 0.717) is 16.8 Å². The Morgan fingerprint density at radius 1 is 1.29 bits per heavy atom. The minimum Gasteiger partial charge on any atom is -0.396 e. The number of halogens is 1. The second-order valence-electron chi connectivity index (χ2n) is 6.33. The number of amides is 1. The third-order valence-electron chi connectivity index (χ3n) is 4.52. The molecule has 1 aliphatic carbocycles. The van der Waals surface area contributed by atoms with Gasteiger partial charge in [0.25, 0.3) is 5.91 Å². The maximum Gasteiger partial charge on any atom is 0.253 e. The van der Waals surface area contributed by atoms with Gasteiger partial charge in [0.05, 0.1) is 11.3 Å². The Hall–Kier alpha value is -2.27. The van der Waals surface area contributed by atoms with Crippen molar-refractivity contribution in [1.82, 2.24) is 10.3 Å². The average Bonchev–Trinajstić information content (AvgIpc) is 2.62. The lowest BCUT2D eigenvalue weighted by atomic mass is 9.86. The molecule has 0 bridgehead atoms. The average molecular weight is 328 g/mol. The van der Waals surface area contributed by atoms with Crippen LogP contribution >= 0.6 is 0 Å². The zero-order valence-corrected chi connectivity index (χ0v) is 13.4. The molecule has 1 aromatic heterocycles. The van der Waals surface area contributed by atoms with E-state index in [0.717, 1.165) is 25.7 Å². The monoisotopic (exact) mass is 328 g/mol. The molecular formula is C19H21FN2O2. The molecule has 0 unspecified atom stereocenters. The second kappa shape index (κ2) is 7.53. The van der Waals surface area contributed by atoms with E-state index < -0.39 is 0 Å². The van der Waals surface area contributed by atoms with E-state index >= 15 is 0 Å². The molecule has 1 heterocycles. The van der Waals surface area contributed by atoms with Crippen LogP contribution in [0.25, 0.3) is 11.3 Å². The zero-order chi connectivity index (χ0) is 16.9. The quantitative estimate of drug-likeness (QED) is 0.906. The van der Waals surface area contributed by atoms with Crippen molar-refractivity contribution in [3.05, 3.63) is 54.0 Å². The number of carbonyl (C=O) groups is 1. The van der Waals surface area contributed by atoms with Gasteiger partial charge in [0.15, 0.2) is 0 Å². The highest BCUT2D eigenvalue weighted by Gasteiger charge is 2.23. The van der Waals surface area contributed by atoms with Crippen LogP contribution in [-0.4, -0.2) is 28.6 Å². The third kappa shape index (κ3) is 3.97. The van der Waals surface area contributed by atoms with Gasteiger partial charge in [0.2, 0.25) is 0 Å². The first-order valence-electron chi connectivity index (χ1n) is 8.29. The Kier molecular flexibility index (Phi) is 5.20. The number of aliphatic hydroxyl groups is 1. The van der Waals surface area contributed by atoms with E-state index in [-0.39, 0.29) is 30.3 Å². The van der Waals surface area contributed by atoms with Crippen molar-refractivity contribution in [3.63, 3.8) is 0 Å². The second-order valence-corrected chi connectivity index (χ2v) is 6.33. The number of nitrogens with one attached hydrogen (secondary N) is 1. The van der Waals surface area contributed by atoms with Gasteiger partial charge < -0.3 is 10.4 Å². The molecule has 1 saturated carbocycles. The number of carbonyl (C=O) groups excluding carboxylic acids is 1. The molecule has 0 aliphatic heterocycles. The Morgan fingerprint density at radius 2 is 2.17 bits per heavy atom. The molecule has 1 aromatic carbocycles. The Balaban J connectivity index is 1.65. The lowest BCUT2D eigenvalue weighted by molar-refractivity contribution is 0.0905. The lowest BCUT2D eigenvalue weighted by Crippen LogP contribution is -2.39. The van der Waals surface area contributed by atoms with Crippen molar-refractivity contribution in [2.75, 3.05) is 6.61 Å². The summed E-state index contributed by atoms with van der Waals surface area (Å²) in [5, 5.41) is 12.3.